The van der Waals surface area contributed by atoms with Crippen molar-refractivity contribution in [3.8, 4) is 0 Å². The number of benzene rings is 1. The van der Waals surface area contributed by atoms with Gasteiger partial charge in [-0.2, -0.15) is 5.10 Å². The summed E-state index contributed by atoms with van der Waals surface area (Å²) in [6.07, 6.45) is 6.96. The van der Waals surface area contributed by atoms with Crippen molar-refractivity contribution in [1.29, 1.82) is 0 Å². The van der Waals surface area contributed by atoms with E-state index in [4.69, 9.17) is 22.1 Å². The molecule has 0 aliphatic carbocycles. The fourth-order valence-corrected chi connectivity index (χ4v) is 4.66. The Kier molecular flexibility index (Phi) is 10.1. The molecule has 0 spiro atoms. The SMILES string of the molecule is C=CC=CC(=C)n1nc(C(=C)C=NC)c(C)c1NC(=S)NC1CN(CCOC)CC1c1ccc(F)cc1. The van der Waals surface area contributed by atoms with Crippen LogP contribution in [0.1, 0.15) is 22.7 Å². The maximum atomic E-state index is 13.6. The lowest BCUT2D eigenvalue weighted by Gasteiger charge is -2.23. The second kappa shape index (κ2) is 13.2. The molecule has 9 heteroatoms. The maximum absolute atomic E-state index is 13.6. The van der Waals surface area contributed by atoms with Crippen molar-refractivity contribution >= 4 is 40.6 Å². The van der Waals surface area contributed by atoms with Crippen molar-refractivity contribution in [2.45, 2.75) is 18.9 Å². The minimum atomic E-state index is -0.250. The van der Waals surface area contributed by atoms with Gasteiger partial charge >= 0.3 is 0 Å². The van der Waals surface area contributed by atoms with Crippen molar-refractivity contribution in [2.24, 2.45) is 4.99 Å². The fraction of sp³-hybridized carbons (Fsp3) is 0.321. The van der Waals surface area contributed by atoms with Crippen LogP contribution in [0.4, 0.5) is 10.2 Å². The smallest absolute Gasteiger partial charge is 0.172 e. The molecule has 1 aromatic heterocycles. The molecule has 3 rings (SSSR count). The average molecular weight is 523 g/mol. The van der Waals surface area contributed by atoms with Crippen LogP contribution in [0.25, 0.3) is 11.3 Å². The molecule has 2 atom stereocenters. The molecule has 2 heterocycles. The summed E-state index contributed by atoms with van der Waals surface area (Å²) in [6, 6.07) is 6.70. The van der Waals surface area contributed by atoms with Crippen LogP contribution in [0.3, 0.4) is 0 Å². The zero-order valence-electron chi connectivity index (χ0n) is 21.7. The van der Waals surface area contributed by atoms with E-state index < -0.39 is 0 Å². The first-order chi connectivity index (χ1) is 17.8. The number of rotatable bonds is 11. The molecule has 0 saturated carbocycles. The quantitative estimate of drug-likeness (QED) is 0.254. The minimum absolute atomic E-state index is 0.0181. The molecular weight excluding hydrogens is 487 g/mol. The Morgan fingerprint density at radius 3 is 2.68 bits per heavy atom. The topological polar surface area (TPSA) is 66.7 Å². The van der Waals surface area contributed by atoms with Gasteiger partial charge in [0.1, 0.15) is 11.6 Å². The Hall–Kier alpha value is -3.40. The van der Waals surface area contributed by atoms with Gasteiger partial charge in [0.2, 0.25) is 0 Å². The minimum Gasteiger partial charge on any atom is -0.383 e. The Balaban J connectivity index is 1.86. The predicted octanol–water partition coefficient (Wildman–Crippen LogP) is 4.66. The number of methoxy groups -OCH3 is 1. The van der Waals surface area contributed by atoms with Gasteiger partial charge in [0, 0.05) is 63.1 Å². The van der Waals surface area contributed by atoms with E-state index in [1.54, 1.807) is 37.2 Å². The highest BCUT2D eigenvalue weighted by atomic mass is 32.1. The summed E-state index contributed by atoms with van der Waals surface area (Å²) in [4.78, 5) is 6.39. The number of halogens is 1. The molecule has 37 heavy (non-hydrogen) atoms. The standard InChI is InChI=1S/C28H35FN6OS/c1-7-8-9-20(3)35-27(21(4)26(33-35)19(2)16-30-5)32-28(37)31-25-18-34(14-15-36-6)17-24(25)22-10-12-23(29)13-11-22/h7-13,16,24-25H,1-3,14-15,17-18H2,4-6H3,(H2,31,32,37). The number of allylic oxidation sites excluding steroid dienone is 5. The predicted molar refractivity (Wildman–Crippen MR) is 156 cm³/mol. The molecule has 1 aliphatic rings. The van der Waals surface area contributed by atoms with Crippen LogP contribution in [-0.2, 0) is 4.74 Å². The van der Waals surface area contributed by atoms with Gasteiger partial charge in [-0.3, -0.25) is 9.89 Å². The van der Waals surface area contributed by atoms with Crippen molar-refractivity contribution in [1.82, 2.24) is 20.0 Å². The molecule has 2 N–H and O–H groups in total. The normalized spacial score (nSPS) is 17.9. The highest BCUT2D eigenvalue weighted by Gasteiger charge is 2.34. The number of anilines is 1. The highest BCUT2D eigenvalue weighted by molar-refractivity contribution is 7.80. The van der Waals surface area contributed by atoms with E-state index in [1.807, 2.05) is 25.1 Å². The zero-order chi connectivity index (χ0) is 26.9. The summed E-state index contributed by atoms with van der Waals surface area (Å²) in [6.45, 7) is 16.9. The third kappa shape index (κ3) is 7.09. The van der Waals surface area contributed by atoms with Gasteiger partial charge in [-0.15, -0.1) is 0 Å². The summed E-state index contributed by atoms with van der Waals surface area (Å²) >= 11 is 5.76. The van der Waals surface area contributed by atoms with Gasteiger partial charge in [0.15, 0.2) is 5.11 Å². The molecule has 196 valence electrons. The number of hydrogen-bond donors (Lipinski definition) is 2. The number of nitrogens with zero attached hydrogens (tertiary/aromatic N) is 4. The highest BCUT2D eigenvalue weighted by Crippen LogP contribution is 2.29. The second-order valence-corrected chi connectivity index (χ2v) is 9.26. The molecule has 0 bridgehead atoms. The van der Waals surface area contributed by atoms with Crippen LogP contribution in [0.5, 0.6) is 0 Å². The number of likely N-dealkylation sites (tertiary alicyclic amines) is 1. The Morgan fingerprint density at radius 1 is 1.30 bits per heavy atom. The van der Waals surface area contributed by atoms with E-state index in [9.17, 15) is 4.39 Å². The molecule has 2 unspecified atom stereocenters. The van der Waals surface area contributed by atoms with E-state index in [0.29, 0.717) is 34.5 Å². The summed E-state index contributed by atoms with van der Waals surface area (Å²) in [7, 11) is 3.39. The lowest BCUT2D eigenvalue weighted by molar-refractivity contribution is 0.159. The largest absolute Gasteiger partial charge is 0.383 e. The van der Waals surface area contributed by atoms with Crippen LogP contribution in [0.2, 0.25) is 0 Å². The van der Waals surface area contributed by atoms with E-state index in [0.717, 1.165) is 30.8 Å². The van der Waals surface area contributed by atoms with Gasteiger partial charge in [-0.05, 0) is 42.9 Å². The molecule has 0 radical (unpaired) electrons. The number of nitrogens with one attached hydrogen (secondary N) is 2. The summed E-state index contributed by atoms with van der Waals surface area (Å²) < 4.78 is 20.6. The van der Waals surface area contributed by atoms with Crippen LogP contribution < -0.4 is 10.6 Å². The van der Waals surface area contributed by atoms with Gasteiger partial charge in [0.05, 0.1) is 18.0 Å². The molecule has 2 aromatic rings. The summed E-state index contributed by atoms with van der Waals surface area (Å²) in [5.74, 6) is 0.564. The fourth-order valence-electron chi connectivity index (χ4n) is 4.42. The first-order valence-electron chi connectivity index (χ1n) is 12.0. The monoisotopic (exact) mass is 522 g/mol. The number of aromatic nitrogens is 2. The Bertz CT molecular complexity index is 1200. The number of ether oxygens (including phenoxy) is 1. The van der Waals surface area contributed by atoms with Crippen molar-refractivity contribution in [2.75, 3.05) is 45.7 Å². The summed E-state index contributed by atoms with van der Waals surface area (Å²) in [5, 5.41) is 12.0. The van der Waals surface area contributed by atoms with Crippen molar-refractivity contribution in [3.63, 3.8) is 0 Å². The van der Waals surface area contributed by atoms with Gasteiger partial charge in [-0.25, -0.2) is 9.07 Å². The van der Waals surface area contributed by atoms with E-state index in [-0.39, 0.29) is 17.8 Å². The van der Waals surface area contributed by atoms with E-state index >= 15 is 0 Å². The van der Waals surface area contributed by atoms with Gasteiger partial charge in [-0.1, -0.05) is 44.0 Å². The molecule has 1 fully saturated rings. The summed E-state index contributed by atoms with van der Waals surface area (Å²) in [5.41, 5.74) is 3.94. The zero-order valence-corrected chi connectivity index (χ0v) is 22.5. The first kappa shape index (κ1) is 28.2. The van der Waals surface area contributed by atoms with Crippen LogP contribution >= 0.6 is 12.2 Å². The number of thiocarbonyl (C=S) groups is 1. The van der Waals surface area contributed by atoms with E-state index in [2.05, 4.69) is 40.3 Å². The third-order valence-electron chi connectivity index (χ3n) is 6.26. The van der Waals surface area contributed by atoms with Gasteiger partial charge < -0.3 is 15.4 Å². The molecule has 1 aliphatic heterocycles. The van der Waals surface area contributed by atoms with Crippen LogP contribution in [-0.4, -0.2) is 72.4 Å². The molecule has 0 amide bonds. The lowest BCUT2D eigenvalue weighted by atomic mass is 9.94. The molecule has 1 aromatic carbocycles. The average Bonchev–Trinajstić information content (AvgIpc) is 3.42. The lowest BCUT2D eigenvalue weighted by Crippen LogP contribution is -2.42. The van der Waals surface area contributed by atoms with E-state index in [1.165, 1.54) is 12.1 Å². The first-order valence-corrected chi connectivity index (χ1v) is 12.4. The van der Waals surface area contributed by atoms with Gasteiger partial charge in [0.25, 0.3) is 0 Å². The second-order valence-electron chi connectivity index (χ2n) is 8.85. The molecule has 1 saturated heterocycles. The number of hydrogen-bond acceptors (Lipinski definition) is 5. The molecular formula is C28H35FN6OS. The maximum Gasteiger partial charge on any atom is 0.172 e. The van der Waals surface area contributed by atoms with Crippen molar-refractivity contribution in [3.05, 3.63) is 84.9 Å². The third-order valence-corrected chi connectivity index (χ3v) is 6.48. The molecule has 7 nitrogen and oxygen atoms in total. The number of aliphatic imine (C=N–C) groups is 1. The van der Waals surface area contributed by atoms with Crippen LogP contribution in [0.15, 0.2) is 67.2 Å². The van der Waals surface area contributed by atoms with Crippen molar-refractivity contribution < 1.29 is 9.13 Å². The Morgan fingerprint density at radius 2 is 2.03 bits per heavy atom. The Labute approximate surface area is 224 Å². The van der Waals surface area contributed by atoms with Crippen LogP contribution in [0, 0.1) is 12.7 Å².